The Morgan fingerprint density at radius 2 is 2.14 bits per heavy atom. The molecule has 0 saturated heterocycles. The first-order chi connectivity index (χ1) is 6.77. The van der Waals surface area contributed by atoms with E-state index in [-0.39, 0.29) is 0 Å². The molecule has 0 bridgehead atoms. The molecule has 0 aliphatic heterocycles. The summed E-state index contributed by atoms with van der Waals surface area (Å²) in [5.74, 6) is 1.68. The van der Waals surface area contributed by atoms with Crippen LogP contribution in [0, 0.1) is 0 Å². The van der Waals surface area contributed by atoms with Crippen molar-refractivity contribution in [2.24, 2.45) is 0 Å². The number of alkyl halides is 1. The number of methoxy groups -OCH3 is 1. The van der Waals surface area contributed by atoms with Gasteiger partial charge in [0.15, 0.2) is 0 Å². The number of hydrogen-bond acceptors (Lipinski definition) is 2. The summed E-state index contributed by atoms with van der Waals surface area (Å²) in [5, 5.41) is 0.959. The molecule has 2 nitrogen and oxygen atoms in total. The van der Waals surface area contributed by atoms with Crippen molar-refractivity contribution in [2.45, 2.75) is 6.42 Å². The summed E-state index contributed by atoms with van der Waals surface area (Å²) in [6, 6.07) is 5.68. The molecule has 1 aromatic carbocycles. The van der Waals surface area contributed by atoms with Crippen molar-refractivity contribution < 1.29 is 9.47 Å². The summed E-state index contributed by atoms with van der Waals surface area (Å²) < 4.78 is 11.5. The lowest BCUT2D eigenvalue weighted by Gasteiger charge is -2.08. The van der Waals surface area contributed by atoms with Gasteiger partial charge in [-0.25, -0.2) is 0 Å². The third-order valence-electron chi connectivity index (χ3n) is 1.67. The molecule has 1 rings (SSSR count). The molecular formula is C10H12Br2O2. The van der Waals surface area contributed by atoms with E-state index in [0.717, 1.165) is 34.3 Å². The van der Waals surface area contributed by atoms with Crippen LogP contribution in [0.4, 0.5) is 0 Å². The van der Waals surface area contributed by atoms with Crippen LogP contribution < -0.4 is 9.47 Å². The molecule has 78 valence electrons. The van der Waals surface area contributed by atoms with Crippen molar-refractivity contribution in [3.63, 3.8) is 0 Å². The fourth-order valence-corrected chi connectivity index (χ4v) is 1.66. The van der Waals surface area contributed by atoms with Gasteiger partial charge in [-0.3, -0.25) is 0 Å². The van der Waals surface area contributed by atoms with Crippen LogP contribution in [0.25, 0.3) is 0 Å². The second-order valence-corrected chi connectivity index (χ2v) is 4.33. The van der Waals surface area contributed by atoms with Gasteiger partial charge in [-0.1, -0.05) is 15.9 Å². The molecule has 0 unspecified atom stereocenters. The molecule has 0 aliphatic carbocycles. The summed E-state index contributed by atoms with van der Waals surface area (Å²) in [6.07, 6.45) is 0.998. The Morgan fingerprint density at radius 3 is 2.71 bits per heavy atom. The van der Waals surface area contributed by atoms with Crippen LogP contribution in [0.15, 0.2) is 22.7 Å². The highest BCUT2D eigenvalue weighted by molar-refractivity contribution is 9.10. The summed E-state index contributed by atoms with van der Waals surface area (Å²) >= 11 is 6.78. The molecule has 0 spiro atoms. The molecule has 0 aromatic heterocycles. The number of ether oxygens (including phenoxy) is 2. The van der Waals surface area contributed by atoms with Crippen molar-refractivity contribution in [3.8, 4) is 11.5 Å². The molecule has 0 N–H and O–H groups in total. The first kappa shape index (κ1) is 11.9. The van der Waals surface area contributed by atoms with Gasteiger partial charge in [0.2, 0.25) is 0 Å². The maximum absolute atomic E-state index is 5.54. The molecule has 1 aromatic rings. The monoisotopic (exact) mass is 322 g/mol. The molecule has 4 heteroatoms. The van der Waals surface area contributed by atoms with Crippen LogP contribution in [-0.4, -0.2) is 19.0 Å². The molecule has 0 fully saturated rings. The zero-order valence-electron chi connectivity index (χ0n) is 7.93. The van der Waals surface area contributed by atoms with E-state index < -0.39 is 0 Å². The second-order valence-electron chi connectivity index (χ2n) is 2.69. The van der Waals surface area contributed by atoms with Gasteiger partial charge in [0.25, 0.3) is 0 Å². The lowest BCUT2D eigenvalue weighted by Crippen LogP contribution is -1.98. The zero-order valence-corrected chi connectivity index (χ0v) is 11.1. The molecule has 0 saturated carbocycles. The van der Waals surface area contributed by atoms with Gasteiger partial charge in [-0.2, -0.15) is 0 Å². The van der Waals surface area contributed by atoms with Crippen molar-refractivity contribution in [3.05, 3.63) is 22.7 Å². The van der Waals surface area contributed by atoms with Gasteiger partial charge in [0, 0.05) is 5.33 Å². The number of hydrogen-bond donors (Lipinski definition) is 0. The average molecular weight is 324 g/mol. The maximum atomic E-state index is 5.54. The fourth-order valence-electron chi connectivity index (χ4n) is 0.962. The SMILES string of the molecule is COc1ccc(OCCCBr)c(Br)c1. The van der Waals surface area contributed by atoms with Crippen LogP contribution in [0.3, 0.4) is 0 Å². The van der Waals surface area contributed by atoms with Gasteiger partial charge in [-0.05, 0) is 40.5 Å². The van der Waals surface area contributed by atoms with Crippen LogP contribution in [0.2, 0.25) is 0 Å². The van der Waals surface area contributed by atoms with E-state index in [1.807, 2.05) is 18.2 Å². The van der Waals surface area contributed by atoms with E-state index in [2.05, 4.69) is 31.9 Å². The maximum Gasteiger partial charge on any atom is 0.133 e. The standard InChI is InChI=1S/C10H12Br2O2/c1-13-8-3-4-10(9(12)7-8)14-6-2-5-11/h3-4,7H,2,5-6H2,1H3. The van der Waals surface area contributed by atoms with Crippen LogP contribution >= 0.6 is 31.9 Å². The van der Waals surface area contributed by atoms with E-state index in [4.69, 9.17) is 9.47 Å². The summed E-state index contributed by atoms with van der Waals surface area (Å²) in [5.41, 5.74) is 0. The number of benzene rings is 1. The van der Waals surface area contributed by atoms with Gasteiger partial charge in [0.05, 0.1) is 18.2 Å². The van der Waals surface area contributed by atoms with E-state index in [1.54, 1.807) is 7.11 Å². The van der Waals surface area contributed by atoms with E-state index in [1.165, 1.54) is 0 Å². The highest BCUT2D eigenvalue weighted by Gasteiger charge is 2.02. The Kier molecular flexibility index (Phi) is 5.33. The van der Waals surface area contributed by atoms with E-state index in [0.29, 0.717) is 0 Å². The normalized spacial score (nSPS) is 9.93. The van der Waals surface area contributed by atoms with Crippen LogP contribution in [-0.2, 0) is 0 Å². The number of rotatable bonds is 5. The molecule has 0 atom stereocenters. The van der Waals surface area contributed by atoms with Crippen molar-refractivity contribution in [1.29, 1.82) is 0 Å². The first-order valence-electron chi connectivity index (χ1n) is 4.30. The lowest BCUT2D eigenvalue weighted by molar-refractivity contribution is 0.316. The molecule has 0 radical (unpaired) electrons. The van der Waals surface area contributed by atoms with Crippen LogP contribution in [0.5, 0.6) is 11.5 Å². The second kappa shape index (κ2) is 6.30. The lowest BCUT2D eigenvalue weighted by atomic mass is 10.3. The highest BCUT2D eigenvalue weighted by Crippen LogP contribution is 2.29. The topological polar surface area (TPSA) is 18.5 Å². The van der Waals surface area contributed by atoms with E-state index >= 15 is 0 Å². The number of halogens is 2. The minimum atomic E-state index is 0.718. The summed E-state index contributed by atoms with van der Waals surface area (Å²) in [7, 11) is 1.65. The van der Waals surface area contributed by atoms with Gasteiger partial charge >= 0.3 is 0 Å². The molecule has 14 heavy (non-hydrogen) atoms. The van der Waals surface area contributed by atoms with E-state index in [9.17, 15) is 0 Å². The quantitative estimate of drug-likeness (QED) is 0.608. The molecule has 0 heterocycles. The predicted molar refractivity (Wildman–Crippen MR) is 64.6 cm³/mol. The predicted octanol–water partition coefficient (Wildman–Crippen LogP) is 3.62. The Bertz CT molecular complexity index is 289. The zero-order chi connectivity index (χ0) is 10.4. The fraction of sp³-hybridized carbons (Fsp3) is 0.400. The van der Waals surface area contributed by atoms with Crippen LogP contribution in [0.1, 0.15) is 6.42 Å². The third kappa shape index (κ3) is 3.50. The highest BCUT2D eigenvalue weighted by atomic mass is 79.9. The largest absolute Gasteiger partial charge is 0.497 e. The average Bonchev–Trinajstić information content (AvgIpc) is 2.20. The smallest absolute Gasteiger partial charge is 0.133 e. The first-order valence-corrected chi connectivity index (χ1v) is 6.21. The molecule has 0 aliphatic rings. The summed E-state index contributed by atoms with van der Waals surface area (Å²) in [4.78, 5) is 0. The van der Waals surface area contributed by atoms with Gasteiger partial charge in [0.1, 0.15) is 11.5 Å². The minimum Gasteiger partial charge on any atom is -0.497 e. The third-order valence-corrected chi connectivity index (χ3v) is 2.86. The van der Waals surface area contributed by atoms with Gasteiger partial charge in [-0.15, -0.1) is 0 Å². The Hall–Kier alpha value is -0.220. The minimum absolute atomic E-state index is 0.718. The summed E-state index contributed by atoms with van der Waals surface area (Å²) in [6.45, 7) is 0.718. The van der Waals surface area contributed by atoms with Gasteiger partial charge < -0.3 is 9.47 Å². The Balaban J connectivity index is 2.59. The van der Waals surface area contributed by atoms with Crippen molar-refractivity contribution in [2.75, 3.05) is 19.0 Å². The molecule has 0 amide bonds. The van der Waals surface area contributed by atoms with Crippen molar-refractivity contribution in [1.82, 2.24) is 0 Å². The Morgan fingerprint density at radius 1 is 1.36 bits per heavy atom. The molecular weight excluding hydrogens is 312 g/mol. The van der Waals surface area contributed by atoms with Crippen molar-refractivity contribution >= 4 is 31.9 Å². The Labute approximate surface area is 101 Å².